The van der Waals surface area contributed by atoms with Crippen molar-refractivity contribution in [2.45, 2.75) is 23.1 Å². The predicted molar refractivity (Wildman–Crippen MR) is 106 cm³/mol. The third-order valence-corrected chi connectivity index (χ3v) is 5.21. The zero-order valence-corrected chi connectivity index (χ0v) is 16.0. The van der Waals surface area contributed by atoms with Crippen LogP contribution < -0.4 is 27.0 Å². The number of nitrogens with one attached hydrogen (secondary N) is 4. The number of nitrogens with zero attached hydrogens (tertiary/aromatic N) is 1. The quantitative estimate of drug-likeness (QED) is 0.186. The van der Waals surface area contributed by atoms with Crippen LogP contribution in [0.2, 0.25) is 0 Å². The second kappa shape index (κ2) is 7.89. The van der Waals surface area contributed by atoms with Gasteiger partial charge in [0.25, 0.3) is 10.1 Å². The molecule has 1 saturated heterocycles. The maximum absolute atomic E-state index is 11.1. The molecule has 0 aliphatic carbocycles. The second-order valence-corrected chi connectivity index (χ2v) is 7.93. The lowest BCUT2D eigenvalue weighted by Gasteiger charge is -2.44. The molecule has 9 nitrogen and oxygen atoms in total. The Morgan fingerprint density at radius 2 is 1.44 bits per heavy atom. The molecule has 0 saturated carbocycles. The summed E-state index contributed by atoms with van der Waals surface area (Å²) in [6.07, 6.45) is -0.636. The van der Waals surface area contributed by atoms with Gasteiger partial charge in [0, 0.05) is 17.1 Å². The molecular weight excluding hydrogens is 392 g/mol. The van der Waals surface area contributed by atoms with E-state index in [2.05, 4.69) is 21.3 Å². The molecule has 2 aromatic carbocycles. The van der Waals surface area contributed by atoms with Crippen molar-refractivity contribution in [1.29, 1.82) is 0 Å². The molecule has 1 fully saturated rings. The molecule has 146 valence electrons. The molecule has 0 amide bonds. The van der Waals surface area contributed by atoms with Gasteiger partial charge in [0.15, 0.2) is 0 Å². The fourth-order valence-electron chi connectivity index (χ4n) is 2.61. The standard InChI is InChI=1S/C16H21ClN6O3S/c1-23-15(19-11-4-2-10(18)3-5-11)21-14(17)22-16(23)20-12-6-8-13(9-7-12)27(24,25)26/h2-9,14-16,19-22H,18H2,1H3,(H,24,25,26). The first-order valence-electron chi connectivity index (χ1n) is 8.07. The van der Waals surface area contributed by atoms with Crippen molar-refractivity contribution in [1.82, 2.24) is 15.5 Å². The average Bonchev–Trinajstić information content (AvgIpc) is 2.60. The van der Waals surface area contributed by atoms with Crippen molar-refractivity contribution in [3.05, 3.63) is 48.5 Å². The van der Waals surface area contributed by atoms with Gasteiger partial charge in [-0.25, -0.2) is 4.90 Å². The number of benzene rings is 2. The van der Waals surface area contributed by atoms with Crippen LogP contribution in [0.5, 0.6) is 0 Å². The van der Waals surface area contributed by atoms with Crippen LogP contribution in [-0.4, -0.2) is 43.1 Å². The Hall–Kier alpha value is -2.08. The summed E-state index contributed by atoms with van der Waals surface area (Å²) in [6, 6.07) is 13.1. The summed E-state index contributed by atoms with van der Waals surface area (Å²) in [5.74, 6) is 0. The van der Waals surface area contributed by atoms with Gasteiger partial charge in [-0.2, -0.15) is 8.42 Å². The largest absolute Gasteiger partial charge is 0.399 e. The molecule has 1 aliphatic rings. The maximum Gasteiger partial charge on any atom is 0.294 e. The van der Waals surface area contributed by atoms with Crippen LogP contribution in [0.3, 0.4) is 0 Å². The Balaban J connectivity index is 1.70. The first kappa shape index (κ1) is 19.7. The zero-order chi connectivity index (χ0) is 19.6. The number of hydrogen-bond acceptors (Lipinski definition) is 8. The SMILES string of the molecule is CN1C(Nc2ccc(N)cc2)NC(Cl)NC1Nc1ccc(S(=O)(=O)O)cc1. The molecule has 0 spiro atoms. The summed E-state index contributed by atoms with van der Waals surface area (Å²) in [5, 5.41) is 12.8. The smallest absolute Gasteiger partial charge is 0.294 e. The molecule has 0 radical (unpaired) electrons. The van der Waals surface area contributed by atoms with E-state index in [9.17, 15) is 8.42 Å². The van der Waals surface area contributed by atoms with Gasteiger partial charge in [0.2, 0.25) is 0 Å². The van der Waals surface area contributed by atoms with Crippen LogP contribution in [0.1, 0.15) is 0 Å². The lowest BCUT2D eigenvalue weighted by Crippen LogP contribution is -2.70. The summed E-state index contributed by atoms with van der Waals surface area (Å²) < 4.78 is 31.3. The number of nitrogens with two attached hydrogens (primary N) is 1. The van der Waals surface area contributed by atoms with E-state index in [-0.39, 0.29) is 17.5 Å². The normalized spacial score (nSPS) is 23.7. The molecule has 1 aliphatic heterocycles. The van der Waals surface area contributed by atoms with E-state index in [0.29, 0.717) is 11.4 Å². The van der Waals surface area contributed by atoms with Crippen molar-refractivity contribution in [2.24, 2.45) is 0 Å². The van der Waals surface area contributed by atoms with Gasteiger partial charge in [-0.15, -0.1) is 0 Å². The highest BCUT2D eigenvalue weighted by Gasteiger charge is 2.31. The summed E-state index contributed by atoms with van der Waals surface area (Å²) in [5.41, 5.74) is 7.40. The van der Waals surface area contributed by atoms with Crippen LogP contribution >= 0.6 is 11.6 Å². The fraction of sp³-hybridized carbons (Fsp3) is 0.250. The fourth-order valence-corrected chi connectivity index (χ4v) is 3.33. The number of rotatable bonds is 5. The maximum atomic E-state index is 11.1. The molecule has 27 heavy (non-hydrogen) atoms. The first-order valence-corrected chi connectivity index (χ1v) is 9.94. The number of nitrogen functional groups attached to an aromatic ring is 1. The summed E-state index contributed by atoms with van der Waals surface area (Å²) in [6.45, 7) is 0. The highest BCUT2D eigenvalue weighted by molar-refractivity contribution is 7.85. The third-order valence-electron chi connectivity index (χ3n) is 4.09. The third kappa shape index (κ3) is 5.01. The van der Waals surface area contributed by atoms with Gasteiger partial charge >= 0.3 is 0 Å². The van der Waals surface area contributed by atoms with E-state index in [1.807, 2.05) is 24.1 Å². The topological polar surface area (TPSA) is 132 Å². The summed E-state index contributed by atoms with van der Waals surface area (Å²) in [7, 11) is -2.35. The van der Waals surface area contributed by atoms with Gasteiger partial charge < -0.3 is 16.4 Å². The molecular formula is C16H21ClN6O3S. The van der Waals surface area contributed by atoms with E-state index >= 15 is 0 Å². The van der Waals surface area contributed by atoms with Gasteiger partial charge in [-0.05, 0) is 55.6 Å². The van der Waals surface area contributed by atoms with Crippen LogP contribution in [0, 0.1) is 0 Å². The Morgan fingerprint density at radius 3 is 1.89 bits per heavy atom. The van der Waals surface area contributed by atoms with Crippen molar-refractivity contribution in [2.75, 3.05) is 23.4 Å². The van der Waals surface area contributed by atoms with Crippen LogP contribution in [0.25, 0.3) is 0 Å². The van der Waals surface area contributed by atoms with Crippen molar-refractivity contribution < 1.29 is 13.0 Å². The molecule has 0 aromatic heterocycles. The monoisotopic (exact) mass is 412 g/mol. The Kier molecular flexibility index (Phi) is 5.75. The van der Waals surface area contributed by atoms with Crippen LogP contribution in [0.4, 0.5) is 17.1 Å². The number of alkyl halides is 1. The lowest BCUT2D eigenvalue weighted by molar-refractivity contribution is 0.0970. The van der Waals surface area contributed by atoms with E-state index in [1.54, 1.807) is 24.3 Å². The molecule has 0 bridgehead atoms. The van der Waals surface area contributed by atoms with Crippen molar-refractivity contribution in [3.63, 3.8) is 0 Å². The minimum absolute atomic E-state index is 0.169. The molecule has 3 unspecified atom stereocenters. The molecule has 2 aromatic rings. The number of anilines is 3. The van der Waals surface area contributed by atoms with Crippen LogP contribution in [0.15, 0.2) is 53.4 Å². The van der Waals surface area contributed by atoms with Gasteiger partial charge in [-0.3, -0.25) is 15.2 Å². The minimum Gasteiger partial charge on any atom is -0.399 e. The van der Waals surface area contributed by atoms with E-state index < -0.39 is 15.7 Å². The highest BCUT2D eigenvalue weighted by Crippen LogP contribution is 2.18. The first-order chi connectivity index (χ1) is 12.7. The molecule has 7 N–H and O–H groups in total. The van der Waals surface area contributed by atoms with Gasteiger partial charge in [-0.1, -0.05) is 11.6 Å². The van der Waals surface area contributed by atoms with Crippen molar-refractivity contribution >= 4 is 38.8 Å². The van der Waals surface area contributed by atoms with Gasteiger partial charge in [0.1, 0.15) is 18.2 Å². The van der Waals surface area contributed by atoms with Crippen molar-refractivity contribution in [3.8, 4) is 0 Å². The zero-order valence-electron chi connectivity index (χ0n) is 14.4. The molecule has 11 heteroatoms. The molecule has 3 rings (SSSR count). The number of halogens is 1. The van der Waals surface area contributed by atoms with E-state index in [4.69, 9.17) is 21.9 Å². The summed E-state index contributed by atoms with van der Waals surface area (Å²) >= 11 is 6.25. The Bertz CT molecular complexity index is 878. The van der Waals surface area contributed by atoms with E-state index in [1.165, 1.54) is 12.1 Å². The number of hydrogen-bond donors (Lipinski definition) is 6. The second-order valence-electron chi connectivity index (χ2n) is 6.08. The Labute approximate surface area is 162 Å². The van der Waals surface area contributed by atoms with E-state index in [0.717, 1.165) is 5.69 Å². The molecule has 3 atom stereocenters. The average molecular weight is 413 g/mol. The summed E-state index contributed by atoms with van der Waals surface area (Å²) in [4.78, 5) is 1.77. The van der Waals surface area contributed by atoms with Crippen LogP contribution in [-0.2, 0) is 10.1 Å². The lowest BCUT2D eigenvalue weighted by atomic mass is 10.3. The molecule has 1 heterocycles. The minimum atomic E-state index is -4.22. The van der Waals surface area contributed by atoms with Gasteiger partial charge in [0.05, 0.1) is 4.90 Å². The highest BCUT2D eigenvalue weighted by atomic mass is 35.5. The Morgan fingerprint density at radius 1 is 1.00 bits per heavy atom. The predicted octanol–water partition coefficient (Wildman–Crippen LogP) is 1.25.